The van der Waals surface area contributed by atoms with Gasteiger partial charge in [-0.2, -0.15) is 0 Å². The fourth-order valence-corrected chi connectivity index (χ4v) is 2.07. The van der Waals surface area contributed by atoms with Gasteiger partial charge in [0, 0.05) is 27.7 Å². The molecule has 2 aromatic rings. The van der Waals surface area contributed by atoms with E-state index < -0.39 is 0 Å². The number of fused-ring (bicyclic) bond motifs is 1. The van der Waals surface area contributed by atoms with Crippen molar-refractivity contribution in [2.75, 3.05) is 0 Å². The van der Waals surface area contributed by atoms with Crippen LogP contribution in [0.5, 0.6) is 0 Å². The summed E-state index contributed by atoms with van der Waals surface area (Å²) in [5.74, 6) is -0.00740. The van der Waals surface area contributed by atoms with Gasteiger partial charge in [-0.15, -0.1) is 0 Å². The van der Waals surface area contributed by atoms with Gasteiger partial charge in [0.25, 0.3) is 5.91 Å². The third kappa shape index (κ3) is 2.65. The molecule has 0 aliphatic carbocycles. The molecule has 0 spiro atoms. The zero-order valence-electron chi connectivity index (χ0n) is 12.3. The third-order valence-electron chi connectivity index (χ3n) is 3.91. The van der Waals surface area contributed by atoms with Crippen LogP contribution < -0.4 is 5.32 Å². The number of aromatic nitrogens is 1. The minimum atomic E-state index is -0.171. The molecule has 1 heterocycles. The van der Waals surface area contributed by atoms with Crippen molar-refractivity contribution < 1.29 is 4.79 Å². The molecule has 0 bridgehead atoms. The maximum atomic E-state index is 12.3. The highest BCUT2D eigenvalue weighted by atomic mass is 16.1. The van der Waals surface area contributed by atoms with Crippen molar-refractivity contribution in [2.45, 2.75) is 46.6 Å². The standard InChI is InChI=1S/C16H22N2O/c1-6-16(4,5)18-15(19)12-7-8-14-13(9-12)10(2)11(3)17-14/h7-9,17H,6H2,1-5H3,(H,18,19). The minimum Gasteiger partial charge on any atom is -0.358 e. The smallest absolute Gasteiger partial charge is 0.251 e. The van der Waals surface area contributed by atoms with Gasteiger partial charge in [-0.3, -0.25) is 4.79 Å². The Bertz CT molecular complexity index is 623. The first-order valence-electron chi connectivity index (χ1n) is 6.75. The summed E-state index contributed by atoms with van der Waals surface area (Å²) in [5.41, 5.74) is 3.99. The Morgan fingerprint density at radius 1 is 1.32 bits per heavy atom. The van der Waals surface area contributed by atoms with Crippen LogP contribution >= 0.6 is 0 Å². The van der Waals surface area contributed by atoms with E-state index in [0.29, 0.717) is 0 Å². The zero-order chi connectivity index (χ0) is 14.2. The highest BCUT2D eigenvalue weighted by Gasteiger charge is 2.19. The number of benzene rings is 1. The second-order valence-electron chi connectivity index (χ2n) is 5.83. The first kappa shape index (κ1) is 13.7. The van der Waals surface area contributed by atoms with Gasteiger partial charge in [-0.05, 0) is 57.9 Å². The van der Waals surface area contributed by atoms with Crippen molar-refractivity contribution in [1.29, 1.82) is 0 Å². The van der Waals surface area contributed by atoms with E-state index in [2.05, 4.69) is 31.1 Å². The van der Waals surface area contributed by atoms with Gasteiger partial charge in [0.05, 0.1) is 0 Å². The Balaban J connectivity index is 2.35. The summed E-state index contributed by atoms with van der Waals surface area (Å²) in [7, 11) is 0. The maximum absolute atomic E-state index is 12.3. The molecular formula is C16H22N2O. The van der Waals surface area contributed by atoms with Crippen molar-refractivity contribution in [3.8, 4) is 0 Å². The highest BCUT2D eigenvalue weighted by Crippen LogP contribution is 2.22. The lowest BCUT2D eigenvalue weighted by atomic mass is 10.0. The van der Waals surface area contributed by atoms with Crippen molar-refractivity contribution >= 4 is 16.8 Å². The average molecular weight is 258 g/mol. The van der Waals surface area contributed by atoms with E-state index in [1.807, 2.05) is 32.0 Å². The van der Waals surface area contributed by atoms with Crippen molar-refractivity contribution in [2.24, 2.45) is 0 Å². The van der Waals surface area contributed by atoms with Crippen LogP contribution in [0.15, 0.2) is 18.2 Å². The van der Waals surface area contributed by atoms with E-state index in [0.717, 1.165) is 28.6 Å². The van der Waals surface area contributed by atoms with Crippen molar-refractivity contribution in [1.82, 2.24) is 10.3 Å². The fraction of sp³-hybridized carbons (Fsp3) is 0.438. The molecule has 3 heteroatoms. The Morgan fingerprint density at radius 3 is 2.63 bits per heavy atom. The van der Waals surface area contributed by atoms with Crippen LogP contribution in [0.1, 0.15) is 48.8 Å². The molecule has 2 rings (SSSR count). The monoisotopic (exact) mass is 258 g/mol. The molecule has 0 atom stereocenters. The van der Waals surface area contributed by atoms with E-state index in [1.54, 1.807) is 0 Å². The molecule has 0 aliphatic heterocycles. The van der Waals surface area contributed by atoms with Crippen molar-refractivity contribution in [3.05, 3.63) is 35.0 Å². The van der Waals surface area contributed by atoms with Crippen molar-refractivity contribution in [3.63, 3.8) is 0 Å². The number of nitrogens with one attached hydrogen (secondary N) is 2. The van der Waals surface area contributed by atoms with Crippen LogP contribution in [0.3, 0.4) is 0 Å². The van der Waals surface area contributed by atoms with Crippen LogP contribution in [-0.2, 0) is 0 Å². The van der Waals surface area contributed by atoms with Crippen LogP contribution in [0.2, 0.25) is 0 Å². The zero-order valence-corrected chi connectivity index (χ0v) is 12.3. The first-order chi connectivity index (χ1) is 8.84. The van der Waals surface area contributed by atoms with Gasteiger partial charge < -0.3 is 10.3 Å². The Labute approximate surface area is 114 Å². The number of carbonyl (C=O) groups excluding carboxylic acids is 1. The lowest BCUT2D eigenvalue weighted by molar-refractivity contribution is 0.0911. The van der Waals surface area contributed by atoms with Gasteiger partial charge >= 0.3 is 0 Å². The average Bonchev–Trinajstić information content (AvgIpc) is 2.64. The summed E-state index contributed by atoms with van der Waals surface area (Å²) < 4.78 is 0. The first-order valence-corrected chi connectivity index (χ1v) is 6.75. The summed E-state index contributed by atoms with van der Waals surface area (Å²) in [6, 6.07) is 5.82. The van der Waals surface area contributed by atoms with Gasteiger partial charge in [-0.25, -0.2) is 0 Å². The number of aryl methyl sites for hydroxylation is 2. The van der Waals surface area contributed by atoms with Gasteiger partial charge in [0.2, 0.25) is 0 Å². The molecule has 19 heavy (non-hydrogen) atoms. The second kappa shape index (κ2) is 4.72. The predicted molar refractivity (Wildman–Crippen MR) is 79.6 cm³/mol. The highest BCUT2D eigenvalue weighted by molar-refractivity contribution is 5.99. The van der Waals surface area contributed by atoms with Gasteiger partial charge in [-0.1, -0.05) is 6.92 Å². The number of hydrogen-bond donors (Lipinski definition) is 2. The van der Waals surface area contributed by atoms with Gasteiger partial charge in [0.1, 0.15) is 0 Å². The van der Waals surface area contributed by atoms with Crippen LogP contribution in [0, 0.1) is 13.8 Å². The van der Waals surface area contributed by atoms with Crippen LogP contribution in [0.4, 0.5) is 0 Å². The molecule has 1 aromatic carbocycles. The predicted octanol–water partition coefficient (Wildman–Crippen LogP) is 3.70. The maximum Gasteiger partial charge on any atom is 0.251 e. The quantitative estimate of drug-likeness (QED) is 0.866. The van der Waals surface area contributed by atoms with Crippen LogP contribution in [-0.4, -0.2) is 16.4 Å². The number of aromatic amines is 1. The molecule has 0 saturated carbocycles. The minimum absolute atomic E-state index is 0.00740. The largest absolute Gasteiger partial charge is 0.358 e. The molecule has 1 aromatic heterocycles. The van der Waals surface area contributed by atoms with E-state index >= 15 is 0 Å². The SMILES string of the molecule is CCC(C)(C)NC(=O)c1ccc2[nH]c(C)c(C)c2c1. The van der Waals surface area contributed by atoms with E-state index in [4.69, 9.17) is 0 Å². The normalized spacial score (nSPS) is 11.8. The summed E-state index contributed by atoms with van der Waals surface area (Å²) in [4.78, 5) is 15.6. The second-order valence-corrected chi connectivity index (χ2v) is 5.83. The Hall–Kier alpha value is -1.77. The number of hydrogen-bond acceptors (Lipinski definition) is 1. The Morgan fingerprint density at radius 2 is 2.00 bits per heavy atom. The molecule has 1 amide bonds. The molecule has 3 nitrogen and oxygen atoms in total. The fourth-order valence-electron chi connectivity index (χ4n) is 2.07. The number of amides is 1. The topological polar surface area (TPSA) is 44.9 Å². The van der Waals surface area contributed by atoms with E-state index in [1.165, 1.54) is 5.56 Å². The van der Waals surface area contributed by atoms with E-state index in [9.17, 15) is 4.79 Å². The molecule has 2 N–H and O–H groups in total. The number of rotatable bonds is 3. The summed E-state index contributed by atoms with van der Waals surface area (Å²) >= 11 is 0. The molecule has 102 valence electrons. The summed E-state index contributed by atoms with van der Waals surface area (Å²) in [5, 5.41) is 4.19. The lowest BCUT2D eigenvalue weighted by Crippen LogP contribution is -2.42. The molecule has 0 unspecified atom stereocenters. The third-order valence-corrected chi connectivity index (χ3v) is 3.91. The molecule has 0 saturated heterocycles. The molecule has 0 radical (unpaired) electrons. The van der Waals surface area contributed by atoms with E-state index in [-0.39, 0.29) is 11.4 Å². The summed E-state index contributed by atoms with van der Waals surface area (Å²) in [6.45, 7) is 10.3. The molecule has 0 aliphatic rings. The lowest BCUT2D eigenvalue weighted by Gasteiger charge is -2.24. The van der Waals surface area contributed by atoms with Crippen LogP contribution in [0.25, 0.3) is 10.9 Å². The Kier molecular flexibility index (Phi) is 3.40. The van der Waals surface area contributed by atoms with Gasteiger partial charge in [0.15, 0.2) is 0 Å². The number of H-pyrrole nitrogens is 1. The molecular weight excluding hydrogens is 236 g/mol. The molecule has 0 fully saturated rings. The summed E-state index contributed by atoms with van der Waals surface area (Å²) in [6.07, 6.45) is 0.906. The number of carbonyl (C=O) groups is 1.